The van der Waals surface area contributed by atoms with Gasteiger partial charge in [0.15, 0.2) is 5.60 Å². The molecule has 2 amide bonds. The molecule has 0 N–H and O–H groups in total. The van der Waals surface area contributed by atoms with Gasteiger partial charge in [-0.3, -0.25) is 9.59 Å². The Morgan fingerprint density at radius 2 is 1.60 bits per heavy atom. The van der Waals surface area contributed by atoms with E-state index in [0.717, 1.165) is 11.3 Å². The SMILES string of the molecule is COc1cccc(CC(=O)N2CCN(C(=O)C(C)(C)Oc3ccc(Cl)cc3)CC2)c1. The number of amides is 2. The van der Waals surface area contributed by atoms with Gasteiger partial charge in [-0.05, 0) is 55.8 Å². The molecule has 2 aromatic carbocycles. The zero-order valence-electron chi connectivity index (χ0n) is 17.6. The van der Waals surface area contributed by atoms with Crippen molar-refractivity contribution >= 4 is 23.4 Å². The maximum atomic E-state index is 13.0. The van der Waals surface area contributed by atoms with Crippen LogP contribution in [-0.2, 0) is 16.0 Å². The Morgan fingerprint density at radius 1 is 0.967 bits per heavy atom. The second-order valence-corrected chi connectivity index (χ2v) is 8.20. The van der Waals surface area contributed by atoms with Crippen LogP contribution in [0.25, 0.3) is 0 Å². The van der Waals surface area contributed by atoms with Gasteiger partial charge in [0, 0.05) is 31.2 Å². The van der Waals surface area contributed by atoms with Crippen molar-refractivity contribution in [1.82, 2.24) is 9.80 Å². The molecular formula is C23H27ClN2O4. The number of hydrogen-bond donors (Lipinski definition) is 0. The molecule has 0 unspecified atom stereocenters. The minimum absolute atomic E-state index is 0.0482. The summed E-state index contributed by atoms with van der Waals surface area (Å²) in [5, 5.41) is 0.612. The number of ether oxygens (including phenoxy) is 2. The van der Waals surface area contributed by atoms with E-state index in [1.807, 2.05) is 24.3 Å². The fourth-order valence-electron chi connectivity index (χ4n) is 3.45. The maximum Gasteiger partial charge on any atom is 0.266 e. The highest BCUT2D eigenvalue weighted by molar-refractivity contribution is 6.30. The Kier molecular flexibility index (Phi) is 6.87. The molecule has 0 aliphatic carbocycles. The molecule has 30 heavy (non-hydrogen) atoms. The van der Waals surface area contributed by atoms with Gasteiger partial charge in [-0.15, -0.1) is 0 Å². The molecular weight excluding hydrogens is 404 g/mol. The summed E-state index contributed by atoms with van der Waals surface area (Å²) in [5.41, 5.74) is -0.101. The van der Waals surface area contributed by atoms with Gasteiger partial charge in [-0.1, -0.05) is 23.7 Å². The predicted molar refractivity (Wildman–Crippen MR) is 116 cm³/mol. The Morgan fingerprint density at radius 3 is 2.23 bits per heavy atom. The van der Waals surface area contributed by atoms with Crippen molar-refractivity contribution in [2.75, 3.05) is 33.3 Å². The van der Waals surface area contributed by atoms with Crippen LogP contribution in [0.5, 0.6) is 11.5 Å². The summed E-state index contributed by atoms with van der Waals surface area (Å²) in [6.07, 6.45) is 0.316. The van der Waals surface area contributed by atoms with E-state index < -0.39 is 5.60 Å². The highest BCUT2D eigenvalue weighted by Crippen LogP contribution is 2.23. The molecule has 1 saturated heterocycles. The smallest absolute Gasteiger partial charge is 0.266 e. The van der Waals surface area contributed by atoms with Gasteiger partial charge in [0.25, 0.3) is 5.91 Å². The van der Waals surface area contributed by atoms with Gasteiger partial charge in [-0.25, -0.2) is 0 Å². The largest absolute Gasteiger partial charge is 0.497 e. The van der Waals surface area contributed by atoms with Gasteiger partial charge in [0.1, 0.15) is 11.5 Å². The van der Waals surface area contributed by atoms with Crippen LogP contribution < -0.4 is 9.47 Å². The van der Waals surface area contributed by atoms with Gasteiger partial charge < -0.3 is 19.3 Å². The minimum Gasteiger partial charge on any atom is -0.497 e. The summed E-state index contributed by atoms with van der Waals surface area (Å²) in [4.78, 5) is 29.2. The monoisotopic (exact) mass is 430 g/mol. The van der Waals surface area contributed by atoms with Crippen LogP contribution in [0.4, 0.5) is 0 Å². The van der Waals surface area contributed by atoms with E-state index in [4.69, 9.17) is 21.1 Å². The average molecular weight is 431 g/mol. The first kappa shape index (κ1) is 22.0. The summed E-state index contributed by atoms with van der Waals surface area (Å²) in [5.74, 6) is 1.27. The van der Waals surface area contributed by atoms with E-state index in [1.54, 1.807) is 55.0 Å². The van der Waals surface area contributed by atoms with Crippen molar-refractivity contribution in [2.24, 2.45) is 0 Å². The number of halogens is 1. The van der Waals surface area contributed by atoms with Crippen molar-refractivity contribution in [3.05, 3.63) is 59.1 Å². The molecule has 6 nitrogen and oxygen atoms in total. The van der Waals surface area contributed by atoms with Crippen LogP contribution in [-0.4, -0.2) is 60.5 Å². The van der Waals surface area contributed by atoms with Crippen LogP contribution in [0.15, 0.2) is 48.5 Å². The fraction of sp³-hybridized carbons (Fsp3) is 0.391. The number of hydrogen-bond acceptors (Lipinski definition) is 4. The lowest BCUT2D eigenvalue weighted by molar-refractivity contribution is -0.149. The van der Waals surface area contributed by atoms with E-state index in [2.05, 4.69) is 0 Å². The third-order valence-corrected chi connectivity index (χ3v) is 5.36. The Labute approximate surface area is 182 Å². The number of piperazine rings is 1. The molecule has 0 radical (unpaired) electrons. The maximum absolute atomic E-state index is 13.0. The minimum atomic E-state index is -1.01. The molecule has 1 aliphatic heterocycles. The van der Waals surface area contributed by atoms with E-state index >= 15 is 0 Å². The normalized spacial score (nSPS) is 14.4. The van der Waals surface area contributed by atoms with Crippen LogP contribution in [0, 0.1) is 0 Å². The quantitative estimate of drug-likeness (QED) is 0.704. The summed E-state index contributed by atoms with van der Waals surface area (Å²) in [6.45, 7) is 5.48. The lowest BCUT2D eigenvalue weighted by Crippen LogP contribution is -2.56. The highest BCUT2D eigenvalue weighted by Gasteiger charge is 2.36. The third kappa shape index (κ3) is 5.45. The van der Waals surface area contributed by atoms with Crippen molar-refractivity contribution in [2.45, 2.75) is 25.9 Å². The number of nitrogens with zero attached hydrogens (tertiary/aromatic N) is 2. The van der Waals surface area contributed by atoms with Crippen LogP contribution in [0.2, 0.25) is 5.02 Å². The first-order chi connectivity index (χ1) is 14.3. The highest BCUT2D eigenvalue weighted by atomic mass is 35.5. The van der Waals surface area contributed by atoms with Crippen molar-refractivity contribution in [3.63, 3.8) is 0 Å². The molecule has 0 aromatic heterocycles. The standard InChI is InChI=1S/C23H27ClN2O4/c1-23(2,30-19-9-7-18(24)8-10-19)22(28)26-13-11-25(12-14-26)21(27)16-17-5-4-6-20(15-17)29-3/h4-10,15H,11-14,16H2,1-3H3. The Balaban J connectivity index is 1.54. The summed E-state index contributed by atoms with van der Waals surface area (Å²) < 4.78 is 11.1. The number of carbonyl (C=O) groups is 2. The second-order valence-electron chi connectivity index (χ2n) is 7.77. The van der Waals surface area contributed by atoms with Crippen LogP contribution >= 0.6 is 11.6 Å². The molecule has 0 spiro atoms. The number of benzene rings is 2. The molecule has 3 rings (SSSR count). The fourth-order valence-corrected chi connectivity index (χ4v) is 3.58. The second kappa shape index (κ2) is 9.39. The molecule has 2 aromatic rings. The molecule has 7 heteroatoms. The molecule has 160 valence electrons. The predicted octanol–water partition coefficient (Wildman–Crippen LogP) is 3.42. The zero-order valence-corrected chi connectivity index (χ0v) is 18.3. The van der Waals surface area contributed by atoms with Crippen molar-refractivity contribution < 1.29 is 19.1 Å². The van der Waals surface area contributed by atoms with Crippen molar-refractivity contribution in [1.29, 1.82) is 0 Å². The van der Waals surface area contributed by atoms with E-state index in [0.29, 0.717) is 43.4 Å². The number of methoxy groups -OCH3 is 1. The average Bonchev–Trinajstić information content (AvgIpc) is 2.75. The van der Waals surface area contributed by atoms with Crippen molar-refractivity contribution in [3.8, 4) is 11.5 Å². The zero-order chi connectivity index (χ0) is 21.7. The number of carbonyl (C=O) groups excluding carboxylic acids is 2. The molecule has 0 bridgehead atoms. The van der Waals surface area contributed by atoms with Gasteiger partial charge >= 0.3 is 0 Å². The summed E-state index contributed by atoms with van der Waals surface area (Å²) in [7, 11) is 1.61. The van der Waals surface area contributed by atoms with Gasteiger partial charge in [0.2, 0.25) is 5.91 Å². The first-order valence-corrected chi connectivity index (χ1v) is 10.3. The third-order valence-electron chi connectivity index (χ3n) is 5.11. The van der Waals surface area contributed by atoms with E-state index in [9.17, 15) is 9.59 Å². The van der Waals surface area contributed by atoms with Gasteiger partial charge in [0.05, 0.1) is 13.5 Å². The Hall–Kier alpha value is -2.73. The molecule has 1 fully saturated rings. The topological polar surface area (TPSA) is 59.1 Å². The van der Waals surface area contributed by atoms with Crippen LogP contribution in [0.3, 0.4) is 0 Å². The summed E-state index contributed by atoms with van der Waals surface area (Å²) >= 11 is 5.90. The molecule has 0 saturated carbocycles. The van der Waals surface area contributed by atoms with Gasteiger partial charge in [-0.2, -0.15) is 0 Å². The number of rotatable bonds is 6. The Bertz CT molecular complexity index is 890. The van der Waals surface area contributed by atoms with Crippen LogP contribution in [0.1, 0.15) is 19.4 Å². The molecule has 0 atom stereocenters. The summed E-state index contributed by atoms with van der Waals surface area (Å²) in [6, 6.07) is 14.4. The van der Waals surface area contributed by atoms with E-state index in [1.165, 1.54) is 0 Å². The van der Waals surface area contributed by atoms with E-state index in [-0.39, 0.29) is 11.8 Å². The lowest BCUT2D eigenvalue weighted by atomic mass is 10.1. The molecule has 1 heterocycles. The molecule has 1 aliphatic rings. The lowest BCUT2D eigenvalue weighted by Gasteiger charge is -2.38. The first-order valence-electron chi connectivity index (χ1n) is 9.93.